The maximum absolute atomic E-state index is 11.5. The van der Waals surface area contributed by atoms with Gasteiger partial charge in [-0.2, -0.15) is 0 Å². The van der Waals surface area contributed by atoms with Crippen LogP contribution in [-0.2, 0) is 21.3 Å². The smallest absolute Gasteiger partial charge is 0.208 e. The Kier molecular flexibility index (Phi) is 5.52. The van der Waals surface area contributed by atoms with Gasteiger partial charge in [-0.25, -0.2) is 13.1 Å². The van der Waals surface area contributed by atoms with Crippen molar-refractivity contribution in [2.45, 2.75) is 43.9 Å². The molecule has 3 rings (SSSR count). The number of benzene rings is 1. The van der Waals surface area contributed by atoms with Crippen LogP contribution >= 0.6 is 11.6 Å². The van der Waals surface area contributed by atoms with Crippen LogP contribution in [0, 0.1) is 0 Å². The third kappa shape index (κ3) is 4.70. The zero-order chi connectivity index (χ0) is 17.2. The van der Waals surface area contributed by atoms with Gasteiger partial charge < -0.3 is 4.74 Å². The fourth-order valence-electron chi connectivity index (χ4n) is 3.77. The molecule has 7 heteroatoms. The highest BCUT2D eigenvalue weighted by Gasteiger charge is 2.40. The molecular weight excluding hydrogens is 348 g/mol. The molecule has 2 fully saturated rings. The van der Waals surface area contributed by atoms with Crippen molar-refractivity contribution in [3.8, 4) is 0 Å². The van der Waals surface area contributed by atoms with Crippen molar-refractivity contribution >= 4 is 21.6 Å². The summed E-state index contributed by atoms with van der Waals surface area (Å²) in [5.41, 5.74) is 0.966. The topological polar surface area (TPSA) is 58.6 Å². The van der Waals surface area contributed by atoms with E-state index >= 15 is 0 Å². The third-order valence-electron chi connectivity index (χ3n) is 4.99. The number of halogens is 1. The minimum Gasteiger partial charge on any atom is -0.375 e. The number of rotatable bonds is 4. The number of likely N-dealkylation sites (tertiary alicyclic amines) is 1. The van der Waals surface area contributed by atoms with Crippen LogP contribution in [0.5, 0.6) is 0 Å². The van der Waals surface area contributed by atoms with Gasteiger partial charge >= 0.3 is 0 Å². The lowest BCUT2D eigenvalue weighted by Gasteiger charge is -2.46. The van der Waals surface area contributed by atoms with E-state index in [2.05, 4.69) is 15.7 Å². The van der Waals surface area contributed by atoms with Crippen molar-refractivity contribution in [1.29, 1.82) is 0 Å². The number of hydrogen-bond acceptors (Lipinski definition) is 4. The van der Waals surface area contributed by atoms with E-state index in [0.29, 0.717) is 6.61 Å². The minimum absolute atomic E-state index is 0.0103. The SMILES string of the molecule is CS(=O)(=O)N[C@H]1CCOC2(CCN(Cc3ccccc3Cl)CC2)C1. The summed E-state index contributed by atoms with van der Waals surface area (Å²) in [4.78, 5) is 2.39. The molecule has 0 aliphatic carbocycles. The summed E-state index contributed by atoms with van der Waals surface area (Å²) in [5, 5.41) is 0.809. The predicted molar refractivity (Wildman–Crippen MR) is 95.6 cm³/mol. The van der Waals surface area contributed by atoms with Crippen LogP contribution in [0.1, 0.15) is 31.2 Å². The number of sulfonamides is 1. The van der Waals surface area contributed by atoms with Gasteiger partial charge in [0.1, 0.15) is 0 Å². The van der Waals surface area contributed by atoms with Crippen LogP contribution in [0.25, 0.3) is 0 Å². The van der Waals surface area contributed by atoms with E-state index in [9.17, 15) is 8.42 Å². The van der Waals surface area contributed by atoms with Gasteiger partial charge in [0.2, 0.25) is 10.0 Å². The quantitative estimate of drug-likeness (QED) is 0.881. The van der Waals surface area contributed by atoms with Crippen molar-refractivity contribution < 1.29 is 13.2 Å². The van der Waals surface area contributed by atoms with E-state index in [1.807, 2.05) is 18.2 Å². The van der Waals surface area contributed by atoms with E-state index < -0.39 is 10.0 Å². The lowest BCUT2D eigenvalue weighted by atomic mass is 9.82. The predicted octanol–water partition coefficient (Wildman–Crippen LogP) is 2.40. The Morgan fingerprint density at radius 2 is 2.04 bits per heavy atom. The second kappa shape index (κ2) is 7.30. The first-order valence-electron chi connectivity index (χ1n) is 8.42. The van der Waals surface area contributed by atoms with Crippen LogP contribution in [0.4, 0.5) is 0 Å². The summed E-state index contributed by atoms with van der Waals surface area (Å²) in [6.07, 6.45) is 4.60. The Balaban J connectivity index is 1.57. The molecular formula is C17H25ClN2O3S. The molecule has 0 aromatic heterocycles. The van der Waals surface area contributed by atoms with Gasteiger partial charge in [0, 0.05) is 37.3 Å². The van der Waals surface area contributed by atoms with Gasteiger partial charge in [-0.3, -0.25) is 4.90 Å². The molecule has 24 heavy (non-hydrogen) atoms. The second-order valence-electron chi connectivity index (χ2n) is 6.98. The first-order valence-corrected chi connectivity index (χ1v) is 10.7. The third-order valence-corrected chi connectivity index (χ3v) is 6.12. The average Bonchev–Trinajstić information content (AvgIpc) is 2.50. The summed E-state index contributed by atoms with van der Waals surface area (Å²) in [5.74, 6) is 0. The second-order valence-corrected chi connectivity index (χ2v) is 9.17. The largest absolute Gasteiger partial charge is 0.375 e. The zero-order valence-corrected chi connectivity index (χ0v) is 15.6. The van der Waals surface area contributed by atoms with Crippen LogP contribution in [-0.4, -0.2) is 50.9 Å². The van der Waals surface area contributed by atoms with Crippen molar-refractivity contribution in [1.82, 2.24) is 9.62 Å². The number of piperidine rings is 1. The number of nitrogens with zero attached hydrogens (tertiary/aromatic N) is 1. The zero-order valence-electron chi connectivity index (χ0n) is 14.0. The molecule has 5 nitrogen and oxygen atoms in total. The fourth-order valence-corrected chi connectivity index (χ4v) is 4.77. The maximum atomic E-state index is 11.5. The highest BCUT2D eigenvalue weighted by molar-refractivity contribution is 7.88. The van der Waals surface area contributed by atoms with Crippen molar-refractivity contribution in [3.63, 3.8) is 0 Å². The number of ether oxygens (including phenoxy) is 1. The molecule has 2 aliphatic heterocycles. The van der Waals surface area contributed by atoms with Crippen molar-refractivity contribution in [2.24, 2.45) is 0 Å². The first kappa shape index (κ1) is 18.1. The highest BCUT2D eigenvalue weighted by atomic mass is 35.5. The molecule has 2 heterocycles. The Labute approximate surface area is 149 Å². The van der Waals surface area contributed by atoms with Gasteiger partial charge in [-0.1, -0.05) is 29.8 Å². The molecule has 0 unspecified atom stereocenters. The fraction of sp³-hybridized carbons (Fsp3) is 0.647. The minimum atomic E-state index is -3.17. The molecule has 1 N–H and O–H groups in total. The van der Waals surface area contributed by atoms with E-state index in [4.69, 9.17) is 16.3 Å². The Morgan fingerprint density at radius 1 is 1.33 bits per heavy atom. The highest BCUT2D eigenvalue weighted by Crippen LogP contribution is 2.35. The molecule has 1 atom stereocenters. The van der Waals surface area contributed by atoms with E-state index in [0.717, 1.165) is 55.9 Å². The lowest BCUT2D eigenvalue weighted by Crippen LogP contribution is -2.53. The van der Waals surface area contributed by atoms with E-state index in [1.165, 1.54) is 6.26 Å². The molecule has 1 aromatic carbocycles. The van der Waals surface area contributed by atoms with Crippen LogP contribution < -0.4 is 4.72 Å². The Hall–Kier alpha value is -0.660. The maximum Gasteiger partial charge on any atom is 0.208 e. The summed E-state index contributed by atoms with van der Waals surface area (Å²) in [6.45, 7) is 3.35. The van der Waals surface area contributed by atoms with Crippen molar-refractivity contribution in [3.05, 3.63) is 34.9 Å². The molecule has 0 bridgehead atoms. The Bertz CT molecular complexity index is 672. The van der Waals surface area contributed by atoms with Gasteiger partial charge in [0.25, 0.3) is 0 Å². The van der Waals surface area contributed by atoms with Crippen LogP contribution in [0.15, 0.2) is 24.3 Å². The Morgan fingerprint density at radius 3 is 2.71 bits per heavy atom. The molecule has 0 saturated carbocycles. The van der Waals surface area contributed by atoms with Gasteiger partial charge in [-0.15, -0.1) is 0 Å². The monoisotopic (exact) mass is 372 g/mol. The number of hydrogen-bond donors (Lipinski definition) is 1. The van der Waals surface area contributed by atoms with Crippen LogP contribution in [0.2, 0.25) is 5.02 Å². The molecule has 0 radical (unpaired) electrons. The lowest BCUT2D eigenvalue weighted by molar-refractivity contribution is -0.118. The van der Waals surface area contributed by atoms with E-state index in [1.54, 1.807) is 0 Å². The van der Waals surface area contributed by atoms with Gasteiger partial charge in [0.05, 0.1) is 11.9 Å². The molecule has 0 amide bonds. The molecule has 1 spiro atoms. The summed E-state index contributed by atoms with van der Waals surface area (Å²) < 4.78 is 31.8. The van der Waals surface area contributed by atoms with Gasteiger partial charge in [-0.05, 0) is 37.3 Å². The van der Waals surface area contributed by atoms with Crippen LogP contribution in [0.3, 0.4) is 0 Å². The molecule has 2 aliphatic rings. The standard InChI is InChI=1S/C17H25ClN2O3S/c1-24(21,22)19-15-6-11-23-17(12-15)7-9-20(10-8-17)13-14-4-2-3-5-16(14)18/h2-5,15,19H,6-13H2,1H3/t15-/m0/s1. The first-order chi connectivity index (χ1) is 11.4. The van der Waals surface area contributed by atoms with Gasteiger partial charge in [0.15, 0.2) is 0 Å². The number of nitrogens with one attached hydrogen (secondary N) is 1. The normalized spacial score (nSPS) is 25.0. The average molecular weight is 373 g/mol. The molecule has 2 saturated heterocycles. The molecule has 1 aromatic rings. The summed E-state index contributed by atoms with van der Waals surface area (Å²) in [6, 6.07) is 7.94. The summed E-state index contributed by atoms with van der Waals surface area (Å²) >= 11 is 6.25. The molecule has 134 valence electrons. The van der Waals surface area contributed by atoms with E-state index in [-0.39, 0.29) is 11.6 Å². The summed E-state index contributed by atoms with van der Waals surface area (Å²) in [7, 11) is -3.17. The van der Waals surface area contributed by atoms with Crippen molar-refractivity contribution in [2.75, 3.05) is 26.0 Å².